The number of piperidine rings is 1. The van der Waals surface area contributed by atoms with Gasteiger partial charge in [0.2, 0.25) is 11.8 Å². The van der Waals surface area contributed by atoms with Gasteiger partial charge >= 0.3 is 0 Å². The van der Waals surface area contributed by atoms with Crippen molar-refractivity contribution in [1.29, 1.82) is 0 Å². The normalized spacial score (nSPS) is 19.5. The van der Waals surface area contributed by atoms with Crippen molar-refractivity contribution in [1.82, 2.24) is 15.2 Å². The molecule has 1 aromatic carbocycles. The quantitative estimate of drug-likeness (QED) is 0.830. The highest BCUT2D eigenvalue weighted by Crippen LogP contribution is 2.24. The van der Waals surface area contributed by atoms with Gasteiger partial charge in [0.15, 0.2) is 11.7 Å². The number of nitrogens with zero attached hydrogens (tertiary/aromatic N) is 2. The fraction of sp³-hybridized carbons (Fsp3) is 0.476. The lowest BCUT2D eigenvalue weighted by atomic mass is 9.96. The van der Waals surface area contributed by atoms with Gasteiger partial charge in [0.25, 0.3) is 0 Å². The summed E-state index contributed by atoms with van der Waals surface area (Å²) in [5, 5.41) is 3.04. The van der Waals surface area contributed by atoms with Crippen LogP contribution in [0.2, 0.25) is 0 Å². The van der Waals surface area contributed by atoms with Crippen molar-refractivity contribution in [2.45, 2.75) is 44.6 Å². The van der Waals surface area contributed by atoms with Crippen molar-refractivity contribution in [3.8, 4) is 11.3 Å². The van der Waals surface area contributed by atoms with Gasteiger partial charge in [-0.05, 0) is 49.9 Å². The topological polar surface area (TPSA) is 75.4 Å². The van der Waals surface area contributed by atoms with Crippen LogP contribution < -0.4 is 5.32 Å². The van der Waals surface area contributed by atoms with E-state index in [0.29, 0.717) is 43.6 Å². The van der Waals surface area contributed by atoms with Crippen LogP contribution in [0, 0.1) is 11.7 Å². The van der Waals surface area contributed by atoms with Gasteiger partial charge in [-0.15, -0.1) is 0 Å². The Labute approximate surface area is 163 Å². The second-order valence-corrected chi connectivity index (χ2v) is 7.59. The van der Waals surface area contributed by atoms with Crippen molar-refractivity contribution in [2.75, 3.05) is 13.1 Å². The Morgan fingerprint density at radius 3 is 2.75 bits per heavy atom. The average Bonchev–Trinajstić information content (AvgIpc) is 3.40. The fourth-order valence-electron chi connectivity index (χ4n) is 3.51. The Balaban J connectivity index is 1.29. The molecule has 7 heteroatoms. The molecule has 1 aliphatic carbocycles. The maximum absolute atomic E-state index is 13.0. The number of aryl methyl sites for hydroxylation is 1. The molecule has 1 saturated carbocycles. The molecule has 28 heavy (non-hydrogen) atoms. The molecule has 1 saturated heterocycles. The Hall–Kier alpha value is -2.70. The molecule has 2 fully saturated rings. The van der Waals surface area contributed by atoms with Crippen LogP contribution in [0.15, 0.2) is 34.9 Å². The molecule has 1 aromatic heterocycles. The Kier molecular flexibility index (Phi) is 5.41. The van der Waals surface area contributed by atoms with Crippen LogP contribution in [-0.2, 0) is 16.0 Å². The Bertz CT molecular complexity index is 845. The molecular weight excluding hydrogens is 361 g/mol. The molecule has 0 bridgehead atoms. The maximum atomic E-state index is 13.0. The van der Waals surface area contributed by atoms with Gasteiger partial charge in [-0.25, -0.2) is 9.37 Å². The summed E-state index contributed by atoms with van der Waals surface area (Å²) in [6.07, 6.45) is 6.10. The van der Waals surface area contributed by atoms with E-state index >= 15 is 0 Å². The predicted octanol–water partition coefficient (Wildman–Crippen LogP) is 2.93. The summed E-state index contributed by atoms with van der Waals surface area (Å²) in [6.45, 7) is 1.18. The van der Waals surface area contributed by atoms with E-state index in [1.165, 1.54) is 12.1 Å². The van der Waals surface area contributed by atoms with Crippen molar-refractivity contribution >= 4 is 11.8 Å². The maximum Gasteiger partial charge on any atom is 0.225 e. The van der Waals surface area contributed by atoms with Crippen LogP contribution in [-0.4, -0.2) is 40.8 Å². The molecule has 0 spiro atoms. The molecule has 0 radical (unpaired) electrons. The highest BCUT2D eigenvalue weighted by Gasteiger charge is 2.31. The summed E-state index contributed by atoms with van der Waals surface area (Å²) in [5.74, 6) is 0.719. The molecule has 2 aliphatic rings. The summed E-state index contributed by atoms with van der Waals surface area (Å²) in [7, 11) is 0. The number of likely N-dealkylation sites (tertiary alicyclic amines) is 1. The third kappa shape index (κ3) is 4.58. The zero-order chi connectivity index (χ0) is 19.5. The van der Waals surface area contributed by atoms with E-state index in [9.17, 15) is 14.0 Å². The van der Waals surface area contributed by atoms with E-state index in [2.05, 4.69) is 10.3 Å². The van der Waals surface area contributed by atoms with E-state index in [-0.39, 0.29) is 23.5 Å². The minimum Gasteiger partial charge on any atom is -0.441 e. The summed E-state index contributed by atoms with van der Waals surface area (Å²) in [4.78, 5) is 30.8. The van der Waals surface area contributed by atoms with Gasteiger partial charge in [0, 0.05) is 37.5 Å². The van der Waals surface area contributed by atoms with Gasteiger partial charge in [-0.3, -0.25) is 9.59 Å². The number of carbonyl (C=O) groups is 2. The lowest BCUT2D eigenvalue weighted by Gasteiger charge is -2.32. The first-order valence-electron chi connectivity index (χ1n) is 9.87. The Morgan fingerprint density at radius 2 is 2.00 bits per heavy atom. The molecule has 1 N–H and O–H groups in total. The van der Waals surface area contributed by atoms with Crippen LogP contribution in [0.1, 0.15) is 38.0 Å². The second kappa shape index (κ2) is 8.12. The van der Waals surface area contributed by atoms with E-state index in [1.807, 2.05) is 0 Å². The van der Waals surface area contributed by atoms with Crippen molar-refractivity contribution in [3.05, 3.63) is 42.2 Å². The van der Waals surface area contributed by atoms with Crippen LogP contribution in [0.25, 0.3) is 11.3 Å². The van der Waals surface area contributed by atoms with Gasteiger partial charge in [-0.2, -0.15) is 0 Å². The van der Waals surface area contributed by atoms with E-state index in [1.54, 1.807) is 23.2 Å². The van der Waals surface area contributed by atoms with Gasteiger partial charge in [0.1, 0.15) is 5.82 Å². The Morgan fingerprint density at radius 1 is 1.21 bits per heavy atom. The standard InChI is InChI=1S/C21H24FN3O3/c22-16-5-3-14(4-6-16)18-12-23-19(28-18)9-10-20(26)25-11-1-2-15(13-25)21(27)24-17-7-8-17/h3-6,12,15,17H,1-2,7-11,13H2,(H,24,27). The van der Waals surface area contributed by atoms with Crippen molar-refractivity contribution in [2.24, 2.45) is 5.92 Å². The highest BCUT2D eigenvalue weighted by molar-refractivity contribution is 5.81. The molecule has 4 rings (SSSR count). The lowest BCUT2D eigenvalue weighted by Crippen LogP contribution is -2.45. The van der Waals surface area contributed by atoms with Gasteiger partial charge < -0.3 is 14.6 Å². The largest absolute Gasteiger partial charge is 0.441 e. The number of carbonyl (C=O) groups excluding carboxylic acids is 2. The summed E-state index contributed by atoms with van der Waals surface area (Å²) in [6, 6.07) is 6.34. The lowest BCUT2D eigenvalue weighted by molar-refractivity contribution is -0.135. The summed E-state index contributed by atoms with van der Waals surface area (Å²) >= 11 is 0. The van der Waals surface area contributed by atoms with Crippen molar-refractivity contribution in [3.63, 3.8) is 0 Å². The zero-order valence-corrected chi connectivity index (χ0v) is 15.7. The second-order valence-electron chi connectivity index (χ2n) is 7.59. The third-order valence-corrected chi connectivity index (χ3v) is 5.30. The molecular formula is C21H24FN3O3. The van der Waals surface area contributed by atoms with Crippen LogP contribution >= 0.6 is 0 Å². The number of aromatic nitrogens is 1. The predicted molar refractivity (Wildman–Crippen MR) is 101 cm³/mol. The third-order valence-electron chi connectivity index (χ3n) is 5.30. The zero-order valence-electron chi connectivity index (χ0n) is 15.7. The first-order valence-corrected chi connectivity index (χ1v) is 9.87. The minimum atomic E-state index is -0.306. The first-order chi connectivity index (χ1) is 13.6. The number of oxazole rings is 1. The van der Waals surface area contributed by atoms with E-state index in [4.69, 9.17) is 4.42 Å². The molecule has 1 atom stereocenters. The van der Waals surface area contributed by atoms with E-state index in [0.717, 1.165) is 31.2 Å². The fourth-order valence-corrected chi connectivity index (χ4v) is 3.51. The molecule has 2 heterocycles. The average molecular weight is 385 g/mol. The number of halogens is 1. The number of nitrogens with one attached hydrogen (secondary N) is 1. The highest BCUT2D eigenvalue weighted by atomic mass is 19.1. The number of benzene rings is 1. The number of amides is 2. The van der Waals surface area contributed by atoms with E-state index < -0.39 is 0 Å². The number of hydrogen-bond donors (Lipinski definition) is 1. The first kappa shape index (κ1) is 18.7. The van der Waals surface area contributed by atoms with Crippen LogP contribution in [0.3, 0.4) is 0 Å². The molecule has 6 nitrogen and oxygen atoms in total. The molecule has 1 unspecified atom stereocenters. The molecule has 2 aromatic rings. The molecule has 2 amide bonds. The smallest absolute Gasteiger partial charge is 0.225 e. The van der Waals surface area contributed by atoms with Gasteiger partial charge in [0.05, 0.1) is 12.1 Å². The molecule has 148 valence electrons. The molecule has 1 aliphatic heterocycles. The minimum absolute atomic E-state index is 0.0189. The number of hydrogen-bond acceptors (Lipinski definition) is 4. The van der Waals surface area contributed by atoms with Crippen LogP contribution in [0.4, 0.5) is 4.39 Å². The summed E-state index contributed by atoms with van der Waals surface area (Å²) in [5.41, 5.74) is 0.743. The van der Waals surface area contributed by atoms with Gasteiger partial charge in [-0.1, -0.05) is 0 Å². The SMILES string of the molecule is O=C(NC1CC1)C1CCCN(C(=O)CCc2ncc(-c3ccc(F)cc3)o2)C1. The van der Waals surface area contributed by atoms with Crippen LogP contribution in [0.5, 0.6) is 0 Å². The monoisotopic (exact) mass is 385 g/mol. The van der Waals surface area contributed by atoms with Crippen molar-refractivity contribution < 1.29 is 18.4 Å². The summed E-state index contributed by atoms with van der Waals surface area (Å²) < 4.78 is 18.7. The number of rotatable bonds is 6.